The molecular formula is C17H13NO3. The second-order valence-electron chi connectivity index (χ2n) is 4.66. The molecule has 0 bridgehead atoms. The summed E-state index contributed by atoms with van der Waals surface area (Å²) in [5.41, 5.74) is 3.17. The van der Waals surface area contributed by atoms with Gasteiger partial charge in [-0.25, -0.2) is 0 Å². The van der Waals surface area contributed by atoms with Gasteiger partial charge in [0, 0.05) is 17.3 Å². The molecule has 0 radical (unpaired) electrons. The molecule has 0 saturated heterocycles. The molecule has 0 aliphatic heterocycles. The van der Waals surface area contributed by atoms with Crippen LogP contribution in [0.5, 0.6) is 17.2 Å². The zero-order valence-electron chi connectivity index (χ0n) is 11.1. The second-order valence-corrected chi connectivity index (χ2v) is 4.66. The van der Waals surface area contributed by atoms with Gasteiger partial charge in [0.25, 0.3) is 0 Å². The van der Waals surface area contributed by atoms with Crippen LogP contribution in [0.3, 0.4) is 0 Å². The number of benzene rings is 2. The van der Waals surface area contributed by atoms with Crippen LogP contribution in [0.2, 0.25) is 0 Å². The van der Waals surface area contributed by atoms with Crippen LogP contribution in [0.25, 0.3) is 22.4 Å². The van der Waals surface area contributed by atoms with Crippen LogP contribution in [-0.4, -0.2) is 20.3 Å². The summed E-state index contributed by atoms with van der Waals surface area (Å²) in [5, 5.41) is 28.4. The SMILES string of the molecule is Oc1cc(-c2ccc(-c3ccccc3)nc2)cc(O)c1O. The molecule has 0 aliphatic carbocycles. The molecule has 4 heteroatoms. The van der Waals surface area contributed by atoms with Gasteiger partial charge in [0.15, 0.2) is 17.2 Å². The van der Waals surface area contributed by atoms with E-state index < -0.39 is 5.75 Å². The summed E-state index contributed by atoms with van der Waals surface area (Å²) in [6, 6.07) is 16.3. The molecule has 2 aromatic carbocycles. The molecule has 4 nitrogen and oxygen atoms in total. The molecule has 0 spiro atoms. The lowest BCUT2D eigenvalue weighted by atomic mass is 10.0. The molecule has 0 atom stereocenters. The van der Waals surface area contributed by atoms with Crippen LogP contribution < -0.4 is 0 Å². The lowest BCUT2D eigenvalue weighted by molar-refractivity contribution is 0.368. The van der Waals surface area contributed by atoms with Crippen LogP contribution in [0.4, 0.5) is 0 Å². The Kier molecular flexibility index (Phi) is 3.20. The number of aromatic hydroxyl groups is 3. The molecule has 0 fully saturated rings. The van der Waals surface area contributed by atoms with Crippen LogP contribution in [0.1, 0.15) is 0 Å². The van der Waals surface area contributed by atoms with Gasteiger partial charge in [0.05, 0.1) is 5.69 Å². The Morgan fingerprint density at radius 3 is 1.90 bits per heavy atom. The third-order valence-electron chi connectivity index (χ3n) is 3.24. The summed E-state index contributed by atoms with van der Waals surface area (Å²) in [7, 11) is 0. The van der Waals surface area contributed by atoms with E-state index in [1.54, 1.807) is 6.20 Å². The van der Waals surface area contributed by atoms with Gasteiger partial charge in [-0.2, -0.15) is 0 Å². The fourth-order valence-electron chi connectivity index (χ4n) is 2.12. The Labute approximate surface area is 121 Å². The maximum Gasteiger partial charge on any atom is 0.200 e. The van der Waals surface area contributed by atoms with E-state index in [9.17, 15) is 15.3 Å². The molecule has 0 saturated carbocycles. The van der Waals surface area contributed by atoms with Crippen molar-refractivity contribution < 1.29 is 15.3 Å². The van der Waals surface area contributed by atoms with E-state index in [2.05, 4.69) is 4.98 Å². The Hall–Kier alpha value is -3.01. The predicted octanol–water partition coefficient (Wildman–Crippen LogP) is 3.53. The van der Waals surface area contributed by atoms with E-state index >= 15 is 0 Å². The second kappa shape index (κ2) is 5.17. The standard InChI is InChI=1S/C17H13NO3/c19-15-8-13(9-16(20)17(15)21)12-6-7-14(18-10-12)11-4-2-1-3-5-11/h1-10,19-21H. The summed E-state index contributed by atoms with van der Waals surface area (Å²) >= 11 is 0. The minimum Gasteiger partial charge on any atom is -0.504 e. The monoisotopic (exact) mass is 279 g/mol. The first-order valence-corrected chi connectivity index (χ1v) is 6.42. The van der Waals surface area contributed by atoms with Gasteiger partial charge >= 0.3 is 0 Å². The van der Waals surface area contributed by atoms with E-state index in [1.807, 2.05) is 42.5 Å². The van der Waals surface area contributed by atoms with Crippen molar-refractivity contribution in [1.82, 2.24) is 4.98 Å². The highest BCUT2D eigenvalue weighted by atomic mass is 16.3. The van der Waals surface area contributed by atoms with Gasteiger partial charge < -0.3 is 15.3 Å². The molecule has 0 aliphatic rings. The van der Waals surface area contributed by atoms with Gasteiger partial charge in [-0.1, -0.05) is 36.4 Å². The van der Waals surface area contributed by atoms with Crippen molar-refractivity contribution in [2.24, 2.45) is 0 Å². The average Bonchev–Trinajstić information content (AvgIpc) is 2.53. The molecule has 0 unspecified atom stereocenters. The van der Waals surface area contributed by atoms with Gasteiger partial charge in [-0.3, -0.25) is 4.98 Å². The van der Waals surface area contributed by atoms with Crippen molar-refractivity contribution in [2.75, 3.05) is 0 Å². The third kappa shape index (κ3) is 2.51. The zero-order chi connectivity index (χ0) is 14.8. The number of nitrogens with zero attached hydrogens (tertiary/aromatic N) is 1. The number of hydrogen-bond acceptors (Lipinski definition) is 4. The first kappa shape index (κ1) is 13.0. The number of phenolic OH excluding ortho intramolecular Hbond substituents is 3. The van der Waals surface area contributed by atoms with Gasteiger partial charge in [-0.15, -0.1) is 0 Å². The summed E-state index contributed by atoms with van der Waals surface area (Å²) in [6.07, 6.45) is 1.66. The number of rotatable bonds is 2. The van der Waals surface area contributed by atoms with Crippen LogP contribution in [0.15, 0.2) is 60.8 Å². The fraction of sp³-hybridized carbons (Fsp3) is 0. The van der Waals surface area contributed by atoms with Crippen LogP contribution in [0, 0.1) is 0 Å². The maximum atomic E-state index is 9.54. The summed E-state index contributed by atoms with van der Waals surface area (Å²) in [5.74, 6) is -1.25. The van der Waals surface area contributed by atoms with Crippen molar-refractivity contribution in [3.8, 4) is 39.6 Å². The highest BCUT2D eigenvalue weighted by Crippen LogP contribution is 2.38. The van der Waals surface area contributed by atoms with Gasteiger partial charge in [0.1, 0.15) is 0 Å². The Balaban J connectivity index is 1.98. The van der Waals surface area contributed by atoms with Gasteiger partial charge in [-0.05, 0) is 23.8 Å². The highest BCUT2D eigenvalue weighted by molar-refractivity contribution is 5.71. The molecule has 3 rings (SSSR count). The molecule has 0 amide bonds. The van der Waals surface area contributed by atoms with Crippen LogP contribution >= 0.6 is 0 Å². The third-order valence-corrected chi connectivity index (χ3v) is 3.24. The first-order valence-electron chi connectivity index (χ1n) is 6.42. The van der Waals surface area contributed by atoms with Crippen molar-refractivity contribution in [1.29, 1.82) is 0 Å². The molecule has 1 heterocycles. The van der Waals surface area contributed by atoms with E-state index in [4.69, 9.17) is 0 Å². The Morgan fingerprint density at radius 2 is 1.33 bits per heavy atom. The molecule has 3 N–H and O–H groups in total. The topological polar surface area (TPSA) is 73.6 Å². The largest absolute Gasteiger partial charge is 0.504 e. The van der Waals surface area contributed by atoms with Crippen molar-refractivity contribution >= 4 is 0 Å². The first-order chi connectivity index (χ1) is 10.1. The predicted molar refractivity (Wildman–Crippen MR) is 80.1 cm³/mol. The van der Waals surface area contributed by atoms with Crippen molar-refractivity contribution in [2.45, 2.75) is 0 Å². The van der Waals surface area contributed by atoms with E-state index in [1.165, 1.54) is 12.1 Å². The lowest BCUT2D eigenvalue weighted by Crippen LogP contribution is -1.85. The lowest BCUT2D eigenvalue weighted by Gasteiger charge is -2.07. The van der Waals surface area contributed by atoms with E-state index in [-0.39, 0.29) is 11.5 Å². The maximum absolute atomic E-state index is 9.54. The molecule has 21 heavy (non-hydrogen) atoms. The molecule has 1 aromatic heterocycles. The van der Waals surface area contributed by atoms with Crippen LogP contribution in [-0.2, 0) is 0 Å². The zero-order valence-corrected chi connectivity index (χ0v) is 11.1. The Bertz CT molecular complexity index is 745. The van der Waals surface area contributed by atoms with E-state index in [0.29, 0.717) is 5.56 Å². The molecular weight excluding hydrogens is 266 g/mol. The fourth-order valence-corrected chi connectivity index (χ4v) is 2.12. The van der Waals surface area contributed by atoms with Crippen molar-refractivity contribution in [3.63, 3.8) is 0 Å². The Morgan fingerprint density at radius 1 is 0.667 bits per heavy atom. The minimum atomic E-state index is -0.521. The molecule has 104 valence electrons. The number of pyridine rings is 1. The summed E-state index contributed by atoms with van der Waals surface area (Å²) < 4.78 is 0. The number of hydrogen-bond donors (Lipinski definition) is 3. The smallest absolute Gasteiger partial charge is 0.200 e. The summed E-state index contributed by atoms with van der Waals surface area (Å²) in [6.45, 7) is 0. The number of phenols is 3. The quantitative estimate of drug-likeness (QED) is 0.627. The van der Waals surface area contributed by atoms with E-state index in [0.717, 1.165) is 16.8 Å². The van der Waals surface area contributed by atoms with Crippen molar-refractivity contribution in [3.05, 3.63) is 60.8 Å². The number of aromatic nitrogens is 1. The highest BCUT2D eigenvalue weighted by Gasteiger charge is 2.10. The molecule has 3 aromatic rings. The average molecular weight is 279 g/mol. The summed E-state index contributed by atoms with van der Waals surface area (Å²) in [4.78, 5) is 4.38. The van der Waals surface area contributed by atoms with Gasteiger partial charge in [0.2, 0.25) is 0 Å². The normalized spacial score (nSPS) is 10.5. The minimum absolute atomic E-state index is 0.364.